The van der Waals surface area contributed by atoms with E-state index in [1.54, 1.807) is 0 Å². The lowest BCUT2D eigenvalue weighted by molar-refractivity contribution is 0.105. The van der Waals surface area contributed by atoms with Crippen LogP contribution in [0.5, 0.6) is 0 Å². The molecule has 0 atom stereocenters. The second-order valence-corrected chi connectivity index (χ2v) is 24.6. The topological polar surface area (TPSA) is 517 Å². The molecule has 0 radical (unpaired) electrons. The molecule has 0 bridgehead atoms. The molecule has 31 nitrogen and oxygen atoms in total. The van der Waals surface area contributed by atoms with E-state index in [0.717, 1.165) is 109 Å². The van der Waals surface area contributed by atoms with Crippen molar-refractivity contribution in [2.45, 2.75) is 19.6 Å². The first-order valence-electron chi connectivity index (χ1n) is 21.8. The maximum absolute atomic E-state index is 13.7. The van der Waals surface area contributed by atoms with Gasteiger partial charge in [-0.15, -0.1) is 0 Å². The lowest BCUT2D eigenvalue weighted by Gasteiger charge is -2.21. The van der Waals surface area contributed by atoms with E-state index in [0.29, 0.717) is 24.3 Å². The van der Waals surface area contributed by atoms with Crippen LogP contribution in [0.25, 0.3) is 12.2 Å². The number of nitrogens with one attached hydrogen (secondary N) is 4. The Morgan fingerprint density at radius 2 is 0.707 bits per heavy atom. The molecule has 0 heterocycles. The molecule has 2 aliphatic carbocycles. The van der Waals surface area contributed by atoms with Crippen molar-refractivity contribution in [3.63, 3.8) is 0 Å². The molecule has 0 unspecified atom stereocenters. The Kier molecular flexibility index (Phi) is 16.0. The van der Waals surface area contributed by atoms with Gasteiger partial charge in [0.25, 0.3) is 0 Å². The second-order valence-electron chi connectivity index (χ2n) is 16.5. The van der Waals surface area contributed by atoms with Gasteiger partial charge in [0.2, 0.25) is 11.6 Å². The minimum absolute atomic E-state index is 0.000937. The summed E-state index contributed by atoms with van der Waals surface area (Å²) in [6, 6.07) is 19.1. The van der Waals surface area contributed by atoms with Gasteiger partial charge in [-0.05, 0) is 145 Å². The molecule has 37 heteroatoms. The van der Waals surface area contributed by atoms with Gasteiger partial charge < -0.3 is 38.0 Å². The van der Waals surface area contributed by atoms with Gasteiger partial charge >= 0.3 is 6.03 Å². The number of amides is 2. The summed E-state index contributed by atoms with van der Waals surface area (Å²) in [5.41, 5.74) is -1.15. The van der Waals surface area contributed by atoms with Crippen LogP contribution in [-0.4, -0.2) is 107 Å². The molecule has 2 amide bonds. The summed E-state index contributed by atoms with van der Waals surface area (Å²) in [6.07, 6.45) is 1.41. The summed E-state index contributed by atoms with van der Waals surface area (Å²) in [5.74, 6) is -2.44. The highest BCUT2D eigenvalue weighted by molar-refractivity contribution is 7.91. The van der Waals surface area contributed by atoms with E-state index in [1.807, 2.05) is 0 Å². The van der Waals surface area contributed by atoms with Crippen molar-refractivity contribution in [3.8, 4) is 0 Å². The zero-order chi connectivity index (χ0) is 59.9. The zero-order valence-corrected chi connectivity index (χ0v) is 44.8. The van der Waals surface area contributed by atoms with Gasteiger partial charge in [-0.1, -0.05) is 0 Å². The number of anilines is 4. The Bertz CT molecular complexity index is 4370. The number of azo groups is 2. The SMILES string of the molecule is O=C(Nc1ccc2c(c1)C=C(S(=O)(=O)[O-])C(=NNc1ccc(N=Nc3ccc(S(=O)(=O)[O-])cc3)cc1S(=O)(=O)[O-])C2=O)Nc1ccc2c(c1)C=C(S(=O)(=O)[O-])C(=NNc1ccc(N=Nc3ccc(S(=O)(=O)[O-])cc3)cc1S(=O)(=O)[O-])C2=O. The average molecular weight is 1240 g/mol. The van der Waals surface area contributed by atoms with Crippen molar-refractivity contribution in [1.82, 2.24) is 0 Å². The van der Waals surface area contributed by atoms with Crippen LogP contribution in [0, 0.1) is 0 Å². The molecular weight excluding hydrogens is 1210 g/mol. The number of rotatable bonds is 16. The van der Waals surface area contributed by atoms with E-state index in [-0.39, 0.29) is 56.4 Å². The van der Waals surface area contributed by atoms with Crippen LogP contribution >= 0.6 is 0 Å². The highest BCUT2D eigenvalue weighted by atomic mass is 32.2. The van der Waals surface area contributed by atoms with Gasteiger partial charge in [0.15, 0.2) is 0 Å². The van der Waals surface area contributed by atoms with Gasteiger partial charge in [0.05, 0.1) is 63.5 Å². The van der Waals surface area contributed by atoms with E-state index in [9.17, 15) is 92.2 Å². The predicted molar refractivity (Wildman–Crippen MR) is 278 cm³/mol. The van der Waals surface area contributed by atoms with E-state index >= 15 is 0 Å². The Hall–Kier alpha value is -8.99. The molecule has 4 N–H and O–H groups in total. The fourth-order valence-corrected chi connectivity index (χ4v) is 10.8. The number of hydrazone groups is 2. The van der Waals surface area contributed by atoms with Crippen molar-refractivity contribution in [1.29, 1.82) is 0 Å². The van der Waals surface area contributed by atoms with E-state index in [1.165, 1.54) is 0 Å². The van der Waals surface area contributed by atoms with Gasteiger partial charge in [-0.3, -0.25) is 20.4 Å². The number of nitrogens with zero attached hydrogens (tertiary/aromatic N) is 6. The maximum atomic E-state index is 13.7. The van der Waals surface area contributed by atoms with E-state index < -0.39 is 130 Å². The molecule has 0 fully saturated rings. The van der Waals surface area contributed by atoms with Crippen LogP contribution in [-0.2, 0) is 60.7 Å². The third kappa shape index (κ3) is 13.8. The summed E-state index contributed by atoms with van der Waals surface area (Å²) in [5, 5.41) is 27.1. The van der Waals surface area contributed by atoms with Crippen LogP contribution in [0.4, 0.5) is 50.3 Å². The number of ketones is 2. The van der Waals surface area contributed by atoms with Gasteiger partial charge in [-0.2, -0.15) is 30.7 Å². The molecule has 0 aromatic heterocycles. The Morgan fingerprint density at radius 3 is 1.02 bits per heavy atom. The first-order valence-corrected chi connectivity index (χ1v) is 30.2. The number of benzene rings is 6. The molecule has 0 saturated heterocycles. The number of hydrogen-bond acceptors (Lipinski definition) is 29. The van der Waals surface area contributed by atoms with Crippen molar-refractivity contribution in [2.75, 3.05) is 21.5 Å². The molecule has 2 aliphatic rings. The monoisotopic (exact) mass is 1230 g/mol. The number of allylic oxidation sites excluding steroid dienone is 2. The third-order valence-corrected chi connectivity index (χ3v) is 16.1. The minimum Gasteiger partial charge on any atom is -0.744 e. The maximum Gasteiger partial charge on any atom is 0.323 e. The van der Waals surface area contributed by atoms with Crippen molar-refractivity contribution in [2.24, 2.45) is 30.7 Å². The summed E-state index contributed by atoms with van der Waals surface area (Å²) in [4.78, 5) is 34.8. The lowest BCUT2D eigenvalue weighted by Crippen LogP contribution is -2.28. The summed E-state index contributed by atoms with van der Waals surface area (Å²) in [7, 11) is -31.5. The lowest BCUT2D eigenvalue weighted by atomic mass is 9.94. The Balaban J connectivity index is 0.981. The zero-order valence-electron chi connectivity index (χ0n) is 39.9. The molecular formula is C45H26N10O21S6-6. The first-order chi connectivity index (χ1) is 38.1. The largest absolute Gasteiger partial charge is 0.744 e. The molecule has 6 aromatic carbocycles. The molecule has 0 saturated carbocycles. The molecule has 0 aliphatic heterocycles. The predicted octanol–water partition coefficient (Wildman–Crippen LogP) is 4.88. The molecule has 6 aromatic rings. The number of Topliss-reactive ketones (excluding diaryl/α,β-unsaturated/α-hetero) is 2. The van der Waals surface area contributed by atoms with Crippen molar-refractivity contribution in [3.05, 3.63) is 153 Å². The Labute approximate surface area is 462 Å². The standard InChI is InChI=1S/C45H32N10O21S6/c56-43-33-13-5-27(17-23(33)19-39(81(71,72)73)41(43)54-52-35-15-7-29(21-37(35)79(65,66)67)50-48-25-1-9-31(10-2-25)77(59,60)61)46-45(58)47-28-6-14-34-24(18-28)20-40(82(74,75)76)42(44(34)57)55-53-36-16-8-30(22-38(36)80(68,69)70)51-49-26-3-11-32(12-4-26)78(62,63)64/h1-22,52-53H,(H2,46,47,58)(H,59,60,61)(H,62,63,64)(H,65,66,67)(H,68,69,70)(H,71,72,73)(H,74,75,76)/p-6. The van der Waals surface area contributed by atoms with E-state index in [2.05, 4.69) is 52.1 Å². The fraction of sp³-hybridized carbons (Fsp3) is 0. The number of urea groups is 1. The number of carbonyl (C=O) groups excluding carboxylic acids is 3. The smallest absolute Gasteiger partial charge is 0.323 e. The van der Waals surface area contributed by atoms with Gasteiger partial charge in [0, 0.05) is 22.5 Å². The highest BCUT2D eigenvalue weighted by Crippen LogP contribution is 2.34. The average Bonchev–Trinajstić information content (AvgIpc) is 3.57. The molecule has 424 valence electrons. The van der Waals surface area contributed by atoms with Crippen LogP contribution in [0.1, 0.15) is 31.8 Å². The summed E-state index contributed by atoms with van der Waals surface area (Å²) < 4.78 is 216. The number of hydrogen-bond donors (Lipinski definition) is 4. The van der Waals surface area contributed by atoms with Crippen LogP contribution < -0.4 is 21.5 Å². The molecule has 82 heavy (non-hydrogen) atoms. The number of carbonyl (C=O) groups is 3. The van der Waals surface area contributed by atoms with Crippen LogP contribution in [0.2, 0.25) is 0 Å². The van der Waals surface area contributed by atoms with Crippen LogP contribution in [0.15, 0.2) is 181 Å². The Morgan fingerprint density at radius 1 is 0.378 bits per heavy atom. The second kappa shape index (κ2) is 22.2. The summed E-state index contributed by atoms with van der Waals surface area (Å²) >= 11 is 0. The minimum atomic E-state index is -5.58. The third-order valence-electron chi connectivity index (χ3n) is 11.0. The fourth-order valence-electron chi connectivity index (χ4n) is 7.28. The van der Waals surface area contributed by atoms with Crippen molar-refractivity contribution >= 4 is 147 Å². The summed E-state index contributed by atoms with van der Waals surface area (Å²) in [6.45, 7) is 0. The normalized spacial score (nSPS) is 15.2. The van der Waals surface area contributed by atoms with Crippen molar-refractivity contribution < 1.29 is 92.2 Å². The first kappa shape index (κ1) is 59.1. The van der Waals surface area contributed by atoms with Gasteiger partial charge in [-0.25, -0.2) is 55.3 Å². The quantitative estimate of drug-likeness (QED) is 0.0570. The van der Waals surface area contributed by atoms with E-state index in [4.69, 9.17) is 0 Å². The van der Waals surface area contributed by atoms with Crippen LogP contribution in [0.3, 0.4) is 0 Å². The highest BCUT2D eigenvalue weighted by Gasteiger charge is 2.32. The molecule has 8 rings (SSSR count). The van der Waals surface area contributed by atoms with Gasteiger partial charge in [0.1, 0.15) is 72.1 Å². The molecule has 0 spiro atoms. The number of fused-ring (bicyclic) bond motifs is 2.